The van der Waals surface area contributed by atoms with Crippen molar-refractivity contribution in [3.05, 3.63) is 18.3 Å². The van der Waals surface area contributed by atoms with Crippen LogP contribution in [0.2, 0.25) is 0 Å². The van der Waals surface area contributed by atoms with E-state index in [-0.39, 0.29) is 13.1 Å². The zero-order valence-electron chi connectivity index (χ0n) is 10.3. The molecule has 18 heavy (non-hydrogen) atoms. The van der Waals surface area contributed by atoms with E-state index in [1.165, 1.54) is 25.3 Å². The Morgan fingerprint density at radius 3 is 2.17 bits per heavy atom. The van der Waals surface area contributed by atoms with Crippen LogP contribution in [-0.2, 0) is 19.1 Å². The number of nitrogens with zero attached hydrogens (tertiary/aromatic N) is 2. The lowest BCUT2D eigenvalue weighted by atomic mass is 10.3. The third kappa shape index (κ3) is 3.93. The first kappa shape index (κ1) is 13.8. The van der Waals surface area contributed by atoms with E-state index in [4.69, 9.17) is 5.73 Å². The van der Waals surface area contributed by atoms with Gasteiger partial charge in [0.2, 0.25) is 0 Å². The van der Waals surface area contributed by atoms with Crippen molar-refractivity contribution in [1.82, 2.24) is 4.98 Å². The van der Waals surface area contributed by atoms with Crippen LogP contribution < -0.4 is 10.6 Å². The number of esters is 2. The lowest BCUT2D eigenvalue weighted by molar-refractivity contribution is -0.140. The van der Waals surface area contributed by atoms with Gasteiger partial charge in [0.25, 0.3) is 0 Å². The number of methoxy groups -OCH3 is 2. The molecule has 1 heterocycles. The fourth-order valence-corrected chi connectivity index (χ4v) is 1.24. The van der Waals surface area contributed by atoms with Gasteiger partial charge < -0.3 is 20.1 Å². The maximum atomic E-state index is 11.3. The first-order valence-corrected chi connectivity index (χ1v) is 5.17. The van der Waals surface area contributed by atoms with Gasteiger partial charge in [0.05, 0.1) is 26.1 Å². The Kier molecular flexibility index (Phi) is 4.91. The average molecular weight is 253 g/mol. The number of hydrogen-bond acceptors (Lipinski definition) is 7. The molecule has 1 aromatic heterocycles. The average Bonchev–Trinajstić information content (AvgIpc) is 2.38. The summed E-state index contributed by atoms with van der Waals surface area (Å²) in [5.74, 6) is -0.505. The highest BCUT2D eigenvalue weighted by Crippen LogP contribution is 2.12. The summed E-state index contributed by atoms with van der Waals surface area (Å²) >= 11 is 0. The van der Waals surface area contributed by atoms with Gasteiger partial charge in [-0.15, -0.1) is 0 Å². The zero-order valence-corrected chi connectivity index (χ0v) is 10.3. The Bertz CT molecular complexity index is 401. The number of carbonyl (C=O) groups excluding carboxylic acids is 2. The summed E-state index contributed by atoms with van der Waals surface area (Å²) < 4.78 is 9.11. The molecule has 0 saturated heterocycles. The number of hydrogen-bond donors (Lipinski definition) is 1. The van der Waals surface area contributed by atoms with Crippen LogP contribution in [-0.4, -0.2) is 44.2 Å². The van der Waals surface area contributed by atoms with Crippen molar-refractivity contribution in [3.8, 4) is 0 Å². The van der Waals surface area contributed by atoms with E-state index in [2.05, 4.69) is 14.5 Å². The van der Waals surface area contributed by atoms with Crippen molar-refractivity contribution in [1.29, 1.82) is 0 Å². The minimum atomic E-state index is -0.475. The second-order valence-electron chi connectivity index (χ2n) is 3.46. The van der Waals surface area contributed by atoms with Crippen LogP contribution in [0.15, 0.2) is 18.3 Å². The topological polar surface area (TPSA) is 94.8 Å². The largest absolute Gasteiger partial charge is 0.468 e. The number of nitrogen functional groups attached to an aromatic ring is 1. The predicted octanol–water partition coefficient (Wildman–Crippen LogP) is -0.184. The molecule has 1 aromatic rings. The predicted molar refractivity (Wildman–Crippen MR) is 64.9 cm³/mol. The fraction of sp³-hybridized carbons (Fsp3) is 0.364. The fourth-order valence-electron chi connectivity index (χ4n) is 1.24. The molecule has 0 bridgehead atoms. The molecule has 0 fully saturated rings. The van der Waals surface area contributed by atoms with Crippen LogP contribution in [0.4, 0.5) is 11.5 Å². The van der Waals surface area contributed by atoms with E-state index in [0.29, 0.717) is 11.5 Å². The summed E-state index contributed by atoms with van der Waals surface area (Å²) in [6, 6.07) is 3.24. The van der Waals surface area contributed by atoms with Gasteiger partial charge in [-0.25, -0.2) is 4.98 Å². The van der Waals surface area contributed by atoms with Gasteiger partial charge in [0, 0.05) is 0 Å². The van der Waals surface area contributed by atoms with Crippen LogP contribution in [0.25, 0.3) is 0 Å². The van der Waals surface area contributed by atoms with E-state index in [9.17, 15) is 9.59 Å². The minimum Gasteiger partial charge on any atom is -0.468 e. The van der Waals surface area contributed by atoms with Crippen molar-refractivity contribution in [2.75, 3.05) is 37.9 Å². The van der Waals surface area contributed by atoms with Crippen LogP contribution in [0.3, 0.4) is 0 Å². The number of anilines is 2. The molecule has 0 aliphatic heterocycles. The summed E-state index contributed by atoms with van der Waals surface area (Å²) in [4.78, 5) is 28.0. The molecule has 2 N–H and O–H groups in total. The molecule has 0 saturated carbocycles. The molecule has 0 aliphatic carbocycles. The first-order chi connectivity index (χ1) is 8.56. The molecule has 7 heteroatoms. The van der Waals surface area contributed by atoms with Gasteiger partial charge >= 0.3 is 11.9 Å². The van der Waals surface area contributed by atoms with Gasteiger partial charge in [0.15, 0.2) is 0 Å². The number of aromatic nitrogens is 1. The normalized spacial score (nSPS) is 9.67. The summed E-state index contributed by atoms with van der Waals surface area (Å²) in [5, 5.41) is 0. The molecule has 7 nitrogen and oxygen atoms in total. The van der Waals surface area contributed by atoms with Crippen LogP contribution >= 0.6 is 0 Å². The van der Waals surface area contributed by atoms with Crippen molar-refractivity contribution < 1.29 is 19.1 Å². The highest BCUT2D eigenvalue weighted by Gasteiger charge is 2.16. The lowest BCUT2D eigenvalue weighted by Gasteiger charge is -2.20. The summed E-state index contributed by atoms with van der Waals surface area (Å²) in [6.07, 6.45) is 1.44. The monoisotopic (exact) mass is 253 g/mol. The summed E-state index contributed by atoms with van der Waals surface area (Å²) in [7, 11) is 2.55. The van der Waals surface area contributed by atoms with Gasteiger partial charge in [-0.3, -0.25) is 9.59 Å². The molecule has 1 rings (SSSR count). The van der Waals surface area contributed by atoms with Gasteiger partial charge in [-0.1, -0.05) is 0 Å². The Morgan fingerprint density at radius 1 is 1.22 bits per heavy atom. The van der Waals surface area contributed by atoms with Gasteiger partial charge in [-0.05, 0) is 12.1 Å². The Labute approximate surface area is 104 Å². The third-order valence-electron chi connectivity index (χ3n) is 2.19. The molecule has 0 aromatic carbocycles. The van der Waals surface area contributed by atoms with Crippen LogP contribution in [0.5, 0.6) is 0 Å². The molecule has 0 amide bonds. The molecule has 98 valence electrons. The lowest BCUT2D eigenvalue weighted by Crippen LogP contribution is -2.36. The Hall–Kier alpha value is -2.31. The van der Waals surface area contributed by atoms with E-state index < -0.39 is 11.9 Å². The molecule has 0 radical (unpaired) electrons. The molecular weight excluding hydrogens is 238 g/mol. The SMILES string of the molecule is COC(=O)CN(CC(=O)OC)c1ccc(N)cn1. The van der Waals surface area contributed by atoms with Gasteiger partial charge in [0.1, 0.15) is 18.9 Å². The van der Waals surface area contributed by atoms with E-state index in [1.54, 1.807) is 12.1 Å². The second-order valence-corrected chi connectivity index (χ2v) is 3.46. The molecule has 0 atom stereocenters. The van der Waals surface area contributed by atoms with E-state index in [0.717, 1.165) is 0 Å². The maximum absolute atomic E-state index is 11.3. The van der Waals surface area contributed by atoms with Crippen LogP contribution in [0, 0.1) is 0 Å². The Balaban J connectivity index is 2.85. The van der Waals surface area contributed by atoms with Crippen LogP contribution in [0.1, 0.15) is 0 Å². The number of rotatable bonds is 5. The summed E-state index contributed by atoms with van der Waals surface area (Å²) in [6.45, 7) is -0.189. The minimum absolute atomic E-state index is 0.0947. The first-order valence-electron chi connectivity index (χ1n) is 5.17. The van der Waals surface area contributed by atoms with Crippen molar-refractivity contribution >= 4 is 23.4 Å². The molecule has 0 unspecified atom stereocenters. The second kappa shape index (κ2) is 6.43. The standard InChI is InChI=1S/C11H15N3O4/c1-17-10(15)6-14(7-11(16)18-2)9-4-3-8(12)5-13-9/h3-5H,6-7,12H2,1-2H3. The zero-order chi connectivity index (χ0) is 13.5. The van der Waals surface area contributed by atoms with Crippen molar-refractivity contribution in [2.45, 2.75) is 0 Å². The molecular formula is C11H15N3O4. The molecule has 0 spiro atoms. The van der Waals surface area contributed by atoms with Crippen molar-refractivity contribution in [2.24, 2.45) is 0 Å². The van der Waals surface area contributed by atoms with Crippen molar-refractivity contribution in [3.63, 3.8) is 0 Å². The van der Waals surface area contributed by atoms with E-state index in [1.807, 2.05) is 0 Å². The van der Waals surface area contributed by atoms with Gasteiger partial charge in [-0.2, -0.15) is 0 Å². The Morgan fingerprint density at radius 2 is 1.78 bits per heavy atom. The summed E-state index contributed by atoms with van der Waals surface area (Å²) in [5.41, 5.74) is 6.01. The van der Waals surface area contributed by atoms with E-state index >= 15 is 0 Å². The number of ether oxygens (including phenoxy) is 2. The smallest absolute Gasteiger partial charge is 0.325 e. The third-order valence-corrected chi connectivity index (χ3v) is 2.19. The highest BCUT2D eigenvalue weighted by atomic mass is 16.5. The maximum Gasteiger partial charge on any atom is 0.325 e. The number of nitrogens with two attached hydrogens (primary N) is 1. The number of carbonyl (C=O) groups is 2. The highest BCUT2D eigenvalue weighted by molar-refractivity contribution is 5.80. The quantitative estimate of drug-likeness (QED) is 0.727. The number of pyridine rings is 1. The molecule has 0 aliphatic rings.